The molecule has 0 aliphatic heterocycles. The number of rotatable bonds is 2. The molecule has 1 nitrogen and oxygen atoms in total. The van der Waals surface area contributed by atoms with Gasteiger partial charge in [-0.15, -0.1) is 0 Å². The van der Waals surface area contributed by atoms with E-state index >= 15 is 0 Å². The second-order valence-corrected chi connectivity index (χ2v) is 7.62. The van der Waals surface area contributed by atoms with E-state index in [1.54, 1.807) is 0 Å². The summed E-state index contributed by atoms with van der Waals surface area (Å²) in [6, 6.07) is 30.8. The van der Waals surface area contributed by atoms with Crippen LogP contribution in [0.25, 0.3) is 44.1 Å². The van der Waals surface area contributed by atoms with Crippen molar-refractivity contribution in [2.75, 3.05) is 0 Å². The average molecular weight is 392 g/mol. The van der Waals surface area contributed by atoms with E-state index in [-0.39, 0.29) is 0 Å². The highest BCUT2D eigenvalue weighted by molar-refractivity contribution is 6.12. The maximum Gasteiger partial charge on any atom is 0.0568 e. The topological polar surface area (TPSA) is 4.93 Å². The molecule has 0 bridgehead atoms. The monoisotopic (exact) mass is 391 g/mol. The van der Waals surface area contributed by atoms with E-state index in [0.717, 1.165) is 0 Å². The number of aryl methyl sites for hydroxylation is 3. The molecule has 0 aliphatic carbocycles. The maximum absolute atomic E-state index is 2.35. The van der Waals surface area contributed by atoms with Gasteiger partial charge in [-0.2, -0.15) is 0 Å². The van der Waals surface area contributed by atoms with Crippen molar-refractivity contribution >= 4 is 21.8 Å². The fraction of sp³-hybridized carbons (Fsp3) is 0.172. The van der Waals surface area contributed by atoms with Crippen LogP contribution in [-0.2, 0) is 7.05 Å². The van der Waals surface area contributed by atoms with E-state index in [9.17, 15) is 0 Å². The number of aromatic nitrogens is 1. The van der Waals surface area contributed by atoms with Crippen molar-refractivity contribution in [3.8, 4) is 22.3 Å². The van der Waals surface area contributed by atoms with Crippen molar-refractivity contribution in [1.29, 1.82) is 0 Å². The van der Waals surface area contributed by atoms with Crippen LogP contribution in [0.2, 0.25) is 0 Å². The van der Waals surface area contributed by atoms with Crippen molar-refractivity contribution in [3.05, 3.63) is 96.1 Å². The highest BCUT2D eigenvalue weighted by atomic mass is 14.9. The Morgan fingerprint density at radius 2 is 1.20 bits per heavy atom. The third-order valence-electron chi connectivity index (χ3n) is 5.91. The van der Waals surface area contributed by atoms with Crippen molar-refractivity contribution < 1.29 is 0 Å². The molecule has 0 amide bonds. The Bertz CT molecular complexity index is 1340. The molecule has 0 spiro atoms. The lowest BCUT2D eigenvalue weighted by atomic mass is 9.92. The zero-order valence-corrected chi connectivity index (χ0v) is 18.5. The van der Waals surface area contributed by atoms with Crippen LogP contribution in [0.3, 0.4) is 0 Å². The lowest BCUT2D eigenvalue weighted by Gasteiger charge is -2.13. The molecule has 0 radical (unpaired) electrons. The van der Waals surface area contributed by atoms with E-state index in [2.05, 4.69) is 110 Å². The third kappa shape index (κ3) is 3.21. The molecule has 1 heteroatoms. The molecule has 4 aromatic carbocycles. The fourth-order valence-electron chi connectivity index (χ4n) is 4.42. The number of hydrogen-bond donors (Lipinski definition) is 0. The minimum atomic E-state index is 1.26. The smallest absolute Gasteiger partial charge is 0.0568 e. The minimum Gasteiger partial charge on any atom is -0.343 e. The number of hydrogen-bond acceptors (Lipinski definition) is 0. The summed E-state index contributed by atoms with van der Waals surface area (Å²) in [5, 5.41) is 2.63. The summed E-state index contributed by atoms with van der Waals surface area (Å²) in [6.45, 7) is 8.38. The first-order chi connectivity index (χ1) is 14.6. The Morgan fingerprint density at radius 3 is 2.00 bits per heavy atom. The van der Waals surface area contributed by atoms with Gasteiger partial charge in [0.15, 0.2) is 0 Å². The van der Waals surface area contributed by atoms with Crippen LogP contribution in [0.5, 0.6) is 0 Å². The molecule has 5 rings (SSSR count). The lowest BCUT2D eigenvalue weighted by molar-refractivity contribution is 1.02. The second kappa shape index (κ2) is 8.20. The van der Waals surface area contributed by atoms with Crippen molar-refractivity contribution in [1.82, 2.24) is 4.57 Å². The summed E-state index contributed by atoms with van der Waals surface area (Å²) >= 11 is 0. The van der Waals surface area contributed by atoms with Crippen LogP contribution < -0.4 is 0 Å². The fourth-order valence-corrected chi connectivity index (χ4v) is 4.42. The van der Waals surface area contributed by atoms with Gasteiger partial charge in [0.1, 0.15) is 0 Å². The third-order valence-corrected chi connectivity index (χ3v) is 5.91. The molecule has 30 heavy (non-hydrogen) atoms. The summed E-state index contributed by atoms with van der Waals surface area (Å²) < 4.78 is 2.33. The molecule has 0 aliphatic rings. The predicted molar refractivity (Wildman–Crippen MR) is 132 cm³/mol. The van der Waals surface area contributed by atoms with Crippen LogP contribution in [-0.4, -0.2) is 4.57 Å². The molecule has 0 fully saturated rings. The first-order valence-corrected chi connectivity index (χ1v) is 10.8. The molecule has 0 saturated carbocycles. The highest BCUT2D eigenvalue weighted by Crippen LogP contribution is 2.37. The Kier molecular flexibility index (Phi) is 5.46. The Hall–Kier alpha value is -3.32. The van der Waals surface area contributed by atoms with Gasteiger partial charge in [0.25, 0.3) is 0 Å². The minimum absolute atomic E-state index is 1.26. The van der Waals surface area contributed by atoms with Gasteiger partial charge in [0.2, 0.25) is 0 Å². The van der Waals surface area contributed by atoms with Crippen LogP contribution in [0, 0.1) is 13.8 Å². The van der Waals surface area contributed by atoms with E-state index in [1.165, 1.54) is 55.2 Å². The molecule has 0 saturated heterocycles. The summed E-state index contributed by atoms with van der Waals surface area (Å²) in [7, 11) is 2.17. The van der Waals surface area contributed by atoms with Gasteiger partial charge in [0, 0.05) is 28.9 Å². The predicted octanol–water partition coefficient (Wildman–Crippen LogP) is 8.31. The van der Waals surface area contributed by atoms with Crippen LogP contribution in [0.4, 0.5) is 0 Å². The van der Waals surface area contributed by atoms with Crippen molar-refractivity contribution in [3.63, 3.8) is 0 Å². The Labute approximate surface area is 179 Å². The first-order valence-electron chi connectivity index (χ1n) is 10.8. The van der Waals surface area contributed by atoms with E-state index < -0.39 is 0 Å². The Balaban J connectivity index is 0.00000106. The number of nitrogens with zero attached hydrogens (tertiary/aromatic N) is 1. The normalized spacial score (nSPS) is 10.8. The molecule has 1 heterocycles. The Morgan fingerprint density at radius 1 is 0.567 bits per heavy atom. The highest BCUT2D eigenvalue weighted by Gasteiger charge is 2.14. The molecule has 0 atom stereocenters. The average Bonchev–Trinajstić information content (AvgIpc) is 3.09. The van der Waals surface area contributed by atoms with Gasteiger partial charge in [-0.3, -0.25) is 0 Å². The summed E-state index contributed by atoms with van der Waals surface area (Å²) in [5.74, 6) is 0. The largest absolute Gasteiger partial charge is 0.343 e. The van der Waals surface area contributed by atoms with Crippen LogP contribution >= 0.6 is 0 Å². The van der Waals surface area contributed by atoms with E-state index in [4.69, 9.17) is 0 Å². The standard InChI is InChI=1S/C27H23N.C2H6/c1-18-9-4-5-10-21(18)25-17-20(16-15-19(25)2)22-12-8-13-24-23-11-6-7-14-26(23)28(3)27(22)24;1-2/h4-17H,1-3H3;1-2H3. The van der Waals surface area contributed by atoms with Crippen molar-refractivity contribution in [2.45, 2.75) is 27.7 Å². The zero-order valence-electron chi connectivity index (χ0n) is 18.5. The molecule has 0 N–H and O–H groups in total. The maximum atomic E-state index is 2.35. The van der Waals surface area contributed by atoms with E-state index in [1.807, 2.05) is 13.8 Å². The molecular weight excluding hydrogens is 362 g/mol. The lowest BCUT2D eigenvalue weighted by Crippen LogP contribution is -1.92. The van der Waals surface area contributed by atoms with Gasteiger partial charge in [0.05, 0.1) is 5.52 Å². The van der Waals surface area contributed by atoms with Gasteiger partial charge < -0.3 is 4.57 Å². The molecular formula is C29H29N. The SMILES string of the molecule is CC.Cc1ccccc1-c1cc(-c2cccc3c4ccccc4n(C)c23)ccc1C. The quantitative estimate of drug-likeness (QED) is 0.285. The molecule has 150 valence electrons. The zero-order chi connectivity index (χ0) is 21.3. The number of fused-ring (bicyclic) bond motifs is 3. The second-order valence-electron chi connectivity index (χ2n) is 7.62. The summed E-state index contributed by atoms with van der Waals surface area (Å²) in [4.78, 5) is 0. The first kappa shape index (κ1) is 20.0. The summed E-state index contributed by atoms with van der Waals surface area (Å²) in [5.41, 5.74) is 10.4. The van der Waals surface area contributed by atoms with Crippen molar-refractivity contribution in [2.24, 2.45) is 7.05 Å². The number of benzene rings is 4. The summed E-state index contributed by atoms with van der Waals surface area (Å²) in [6.07, 6.45) is 0. The molecule has 5 aromatic rings. The molecule has 1 aromatic heterocycles. The van der Waals surface area contributed by atoms with E-state index in [0.29, 0.717) is 0 Å². The van der Waals surface area contributed by atoms with Crippen LogP contribution in [0.1, 0.15) is 25.0 Å². The van der Waals surface area contributed by atoms with Gasteiger partial charge >= 0.3 is 0 Å². The molecule has 0 unspecified atom stereocenters. The van der Waals surface area contributed by atoms with Crippen LogP contribution in [0.15, 0.2) is 84.9 Å². The number of para-hydroxylation sites is 2. The van der Waals surface area contributed by atoms with Gasteiger partial charge in [-0.25, -0.2) is 0 Å². The van der Waals surface area contributed by atoms with Gasteiger partial charge in [-0.1, -0.05) is 86.6 Å². The van der Waals surface area contributed by atoms with Gasteiger partial charge in [-0.05, 0) is 53.8 Å².